The number of ether oxygens (including phenoxy) is 2. The molecule has 5 nitrogen and oxygen atoms in total. The van der Waals surface area contributed by atoms with Gasteiger partial charge in [0.15, 0.2) is 12.1 Å². The van der Waals surface area contributed by atoms with E-state index >= 15 is 0 Å². The molecule has 5 heteroatoms. The molecule has 2 N–H and O–H groups in total. The number of carbonyl (C=O) groups excluding carboxylic acids is 1. The van der Waals surface area contributed by atoms with E-state index in [1.165, 1.54) is 0 Å². The van der Waals surface area contributed by atoms with Gasteiger partial charge in [-0.25, -0.2) is 0 Å². The van der Waals surface area contributed by atoms with E-state index in [0.717, 1.165) is 5.56 Å². The van der Waals surface area contributed by atoms with Crippen molar-refractivity contribution in [1.82, 2.24) is 0 Å². The van der Waals surface area contributed by atoms with Crippen LogP contribution in [0.25, 0.3) is 0 Å². The third kappa shape index (κ3) is 3.39. The minimum Gasteiger partial charge on any atom is -0.396 e. The third-order valence-electron chi connectivity index (χ3n) is 4.23. The standard InChI is InChI=1S/C19H20O5/c20-10-19(11-21)12-23-18(24-13-19)16-8-6-15(7-9-16)17(22)14-4-2-1-3-5-14/h1-9,18,20-21H,10-13H2. The van der Waals surface area contributed by atoms with Crippen molar-refractivity contribution in [2.45, 2.75) is 6.29 Å². The lowest BCUT2D eigenvalue weighted by Gasteiger charge is -2.37. The molecule has 1 aliphatic rings. The van der Waals surface area contributed by atoms with E-state index in [-0.39, 0.29) is 32.2 Å². The van der Waals surface area contributed by atoms with Crippen molar-refractivity contribution in [1.29, 1.82) is 0 Å². The molecule has 0 saturated carbocycles. The Labute approximate surface area is 140 Å². The third-order valence-corrected chi connectivity index (χ3v) is 4.23. The Bertz CT molecular complexity index is 667. The molecule has 0 unspecified atom stereocenters. The summed E-state index contributed by atoms with van der Waals surface area (Å²) in [5.74, 6) is -0.0350. The summed E-state index contributed by atoms with van der Waals surface area (Å²) < 4.78 is 11.2. The topological polar surface area (TPSA) is 76.0 Å². The fourth-order valence-corrected chi connectivity index (χ4v) is 2.57. The fourth-order valence-electron chi connectivity index (χ4n) is 2.57. The quantitative estimate of drug-likeness (QED) is 0.820. The van der Waals surface area contributed by atoms with Gasteiger partial charge in [0.1, 0.15) is 0 Å². The molecule has 1 heterocycles. The van der Waals surface area contributed by atoms with Crippen molar-refractivity contribution in [2.24, 2.45) is 5.41 Å². The summed E-state index contributed by atoms with van der Waals surface area (Å²) in [6.07, 6.45) is -0.558. The summed E-state index contributed by atoms with van der Waals surface area (Å²) in [7, 11) is 0. The number of benzene rings is 2. The molecule has 1 saturated heterocycles. The first-order valence-corrected chi connectivity index (χ1v) is 7.82. The van der Waals surface area contributed by atoms with Gasteiger partial charge in [0, 0.05) is 16.7 Å². The first-order chi connectivity index (χ1) is 11.7. The lowest BCUT2D eigenvalue weighted by Crippen LogP contribution is -2.44. The Morgan fingerprint density at radius 2 is 1.46 bits per heavy atom. The zero-order valence-corrected chi connectivity index (χ0v) is 13.2. The largest absolute Gasteiger partial charge is 0.396 e. The van der Waals surface area contributed by atoms with Crippen LogP contribution in [0.2, 0.25) is 0 Å². The maximum Gasteiger partial charge on any atom is 0.193 e. The van der Waals surface area contributed by atoms with E-state index < -0.39 is 11.7 Å². The van der Waals surface area contributed by atoms with Gasteiger partial charge in [0.25, 0.3) is 0 Å². The molecule has 0 amide bonds. The van der Waals surface area contributed by atoms with Gasteiger partial charge in [-0.1, -0.05) is 54.6 Å². The molecule has 0 spiro atoms. The second-order valence-corrected chi connectivity index (χ2v) is 6.09. The van der Waals surface area contributed by atoms with E-state index in [0.29, 0.717) is 11.1 Å². The van der Waals surface area contributed by atoms with Gasteiger partial charge in [-0.05, 0) is 0 Å². The molecule has 0 bridgehead atoms. The van der Waals surface area contributed by atoms with Gasteiger partial charge < -0.3 is 19.7 Å². The van der Waals surface area contributed by atoms with E-state index in [4.69, 9.17) is 9.47 Å². The Hall–Kier alpha value is -2.05. The zero-order valence-electron chi connectivity index (χ0n) is 13.2. The van der Waals surface area contributed by atoms with Gasteiger partial charge in [0.05, 0.1) is 31.8 Å². The van der Waals surface area contributed by atoms with Crippen LogP contribution in [-0.4, -0.2) is 42.4 Å². The van der Waals surface area contributed by atoms with Gasteiger partial charge in [-0.3, -0.25) is 4.79 Å². The second kappa shape index (κ2) is 7.23. The Kier molecular flexibility index (Phi) is 5.06. The lowest BCUT2D eigenvalue weighted by molar-refractivity contribution is -0.248. The van der Waals surface area contributed by atoms with Gasteiger partial charge in [-0.15, -0.1) is 0 Å². The molecule has 1 fully saturated rings. The number of aliphatic hydroxyl groups is 2. The van der Waals surface area contributed by atoms with Crippen LogP contribution in [0, 0.1) is 5.41 Å². The SMILES string of the molecule is O=C(c1ccccc1)c1ccc(C2OCC(CO)(CO)CO2)cc1. The molecule has 24 heavy (non-hydrogen) atoms. The normalized spacial score (nSPS) is 17.6. The predicted octanol–water partition coefficient (Wildman–Crippen LogP) is 1.93. The number of aliphatic hydroxyl groups excluding tert-OH is 2. The molecule has 126 valence electrons. The van der Waals surface area contributed by atoms with Crippen LogP contribution >= 0.6 is 0 Å². The summed E-state index contributed by atoms with van der Waals surface area (Å²) in [4.78, 5) is 12.4. The van der Waals surface area contributed by atoms with Crippen molar-refractivity contribution in [2.75, 3.05) is 26.4 Å². The smallest absolute Gasteiger partial charge is 0.193 e. The predicted molar refractivity (Wildman–Crippen MR) is 87.6 cm³/mol. The van der Waals surface area contributed by atoms with Crippen molar-refractivity contribution >= 4 is 5.78 Å². The summed E-state index contributed by atoms with van der Waals surface area (Å²) in [6, 6.07) is 16.2. The fraction of sp³-hybridized carbons (Fsp3) is 0.316. The van der Waals surface area contributed by atoms with E-state index in [1.54, 1.807) is 36.4 Å². The van der Waals surface area contributed by atoms with Crippen molar-refractivity contribution in [3.05, 3.63) is 71.3 Å². The first-order valence-electron chi connectivity index (χ1n) is 7.82. The van der Waals surface area contributed by atoms with Crippen LogP contribution < -0.4 is 0 Å². The molecule has 3 rings (SSSR count). The monoisotopic (exact) mass is 328 g/mol. The van der Waals surface area contributed by atoms with Gasteiger partial charge >= 0.3 is 0 Å². The highest BCUT2D eigenvalue weighted by molar-refractivity contribution is 6.08. The summed E-state index contributed by atoms with van der Waals surface area (Å²) >= 11 is 0. The molecule has 2 aromatic rings. The maximum atomic E-state index is 12.4. The number of rotatable bonds is 5. The Morgan fingerprint density at radius 1 is 0.917 bits per heavy atom. The maximum absolute atomic E-state index is 12.4. The number of ketones is 1. The van der Waals surface area contributed by atoms with Crippen molar-refractivity contribution in [3.63, 3.8) is 0 Å². The average molecular weight is 328 g/mol. The number of hydrogen-bond donors (Lipinski definition) is 2. The zero-order chi connectivity index (χ0) is 17.0. The van der Waals surface area contributed by atoms with Crippen LogP contribution in [0.15, 0.2) is 54.6 Å². The highest BCUT2D eigenvalue weighted by Gasteiger charge is 2.36. The molecule has 0 aliphatic carbocycles. The van der Waals surface area contributed by atoms with Crippen LogP contribution in [0.4, 0.5) is 0 Å². The van der Waals surface area contributed by atoms with E-state index in [2.05, 4.69) is 0 Å². The summed E-state index contributed by atoms with van der Waals surface area (Å²) in [5, 5.41) is 18.7. The highest BCUT2D eigenvalue weighted by atomic mass is 16.7. The molecular weight excluding hydrogens is 308 g/mol. The van der Waals surface area contributed by atoms with Crippen LogP contribution in [-0.2, 0) is 9.47 Å². The van der Waals surface area contributed by atoms with Crippen LogP contribution in [0.3, 0.4) is 0 Å². The molecule has 0 radical (unpaired) electrons. The molecule has 0 aromatic heterocycles. The van der Waals surface area contributed by atoms with E-state index in [9.17, 15) is 15.0 Å². The van der Waals surface area contributed by atoms with Gasteiger partial charge in [0.2, 0.25) is 0 Å². The van der Waals surface area contributed by atoms with Crippen LogP contribution in [0.1, 0.15) is 27.8 Å². The van der Waals surface area contributed by atoms with Crippen molar-refractivity contribution in [3.8, 4) is 0 Å². The minimum absolute atomic E-state index is 0.0350. The second-order valence-electron chi connectivity index (χ2n) is 6.09. The van der Waals surface area contributed by atoms with Crippen LogP contribution in [0.5, 0.6) is 0 Å². The van der Waals surface area contributed by atoms with E-state index in [1.807, 2.05) is 18.2 Å². The molecule has 0 atom stereocenters. The average Bonchev–Trinajstić information content (AvgIpc) is 2.68. The summed E-state index contributed by atoms with van der Waals surface area (Å²) in [6.45, 7) is 0.0478. The Morgan fingerprint density at radius 3 is 2.00 bits per heavy atom. The highest BCUT2D eigenvalue weighted by Crippen LogP contribution is 2.31. The Balaban J connectivity index is 1.69. The lowest BCUT2D eigenvalue weighted by atomic mass is 9.91. The molecule has 1 aliphatic heterocycles. The number of carbonyl (C=O) groups is 1. The summed E-state index contributed by atoms with van der Waals surface area (Å²) in [5.41, 5.74) is 1.29. The van der Waals surface area contributed by atoms with Crippen molar-refractivity contribution < 1.29 is 24.5 Å². The number of hydrogen-bond acceptors (Lipinski definition) is 5. The molecular formula is C19H20O5. The molecule has 2 aromatic carbocycles. The van der Waals surface area contributed by atoms with Gasteiger partial charge in [-0.2, -0.15) is 0 Å². The minimum atomic E-state index is -0.750. The first kappa shape index (κ1) is 16.8.